The maximum absolute atomic E-state index is 13.6. The molecule has 3 rings (SSSR count). The maximum Gasteiger partial charge on any atom is 0.220 e. The topological polar surface area (TPSA) is 28.7 Å². The Balaban J connectivity index is 2.24. The first kappa shape index (κ1) is 10.0. The molecule has 2 aromatic heterocycles. The molecule has 0 aliphatic carbocycles. The van der Waals surface area contributed by atoms with Crippen LogP contribution in [0.3, 0.4) is 0 Å². The largest absolute Gasteiger partial charge is 0.361 e. The van der Waals surface area contributed by atoms with Crippen LogP contribution in [0, 0.1) is 12.9 Å². The second kappa shape index (κ2) is 3.70. The van der Waals surface area contributed by atoms with Gasteiger partial charge in [-0.2, -0.15) is 4.39 Å². The molecule has 84 valence electrons. The highest BCUT2D eigenvalue weighted by molar-refractivity contribution is 5.87. The normalized spacial score (nSPS) is 10.9. The van der Waals surface area contributed by atoms with Crippen molar-refractivity contribution in [3.8, 4) is 11.1 Å². The van der Waals surface area contributed by atoms with Crippen molar-refractivity contribution in [2.45, 2.75) is 6.92 Å². The first-order valence-corrected chi connectivity index (χ1v) is 5.44. The molecule has 1 aromatic carbocycles. The lowest BCUT2D eigenvalue weighted by molar-refractivity contribution is 0.587. The van der Waals surface area contributed by atoms with Crippen LogP contribution in [-0.2, 0) is 0 Å². The van der Waals surface area contributed by atoms with Gasteiger partial charge in [-0.3, -0.25) is 0 Å². The molecule has 0 fully saturated rings. The van der Waals surface area contributed by atoms with E-state index in [1.165, 1.54) is 6.20 Å². The van der Waals surface area contributed by atoms with Crippen LogP contribution in [0.1, 0.15) is 5.56 Å². The number of nitrogens with zero attached hydrogens (tertiary/aromatic N) is 1. The van der Waals surface area contributed by atoms with E-state index in [-0.39, 0.29) is 0 Å². The highest BCUT2D eigenvalue weighted by Gasteiger charge is 2.07. The van der Waals surface area contributed by atoms with Gasteiger partial charge in [-0.25, -0.2) is 4.98 Å². The van der Waals surface area contributed by atoms with Gasteiger partial charge in [0.25, 0.3) is 0 Å². The van der Waals surface area contributed by atoms with Crippen LogP contribution in [0.4, 0.5) is 4.39 Å². The van der Waals surface area contributed by atoms with Crippen LogP contribution >= 0.6 is 0 Å². The van der Waals surface area contributed by atoms with Gasteiger partial charge in [-0.15, -0.1) is 0 Å². The SMILES string of the molecule is Cc1c[nH]c2ccc(-c3cccnc3F)cc12. The summed E-state index contributed by atoms with van der Waals surface area (Å²) in [7, 11) is 0. The number of aryl methyl sites for hydroxylation is 1. The number of benzene rings is 1. The molecule has 0 aliphatic heterocycles. The van der Waals surface area contributed by atoms with Gasteiger partial charge in [0.2, 0.25) is 5.95 Å². The molecule has 3 heteroatoms. The summed E-state index contributed by atoms with van der Waals surface area (Å²) < 4.78 is 13.6. The van der Waals surface area contributed by atoms with Crippen LogP contribution in [-0.4, -0.2) is 9.97 Å². The van der Waals surface area contributed by atoms with Gasteiger partial charge in [-0.05, 0) is 42.3 Å². The molecule has 0 saturated heterocycles. The summed E-state index contributed by atoms with van der Waals surface area (Å²) in [6.45, 7) is 2.03. The second-order valence-electron chi connectivity index (χ2n) is 4.07. The van der Waals surface area contributed by atoms with E-state index in [0.717, 1.165) is 22.0 Å². The zero-order chi connectivity index (χ0) is 11.8. The summed E-state index contributed by atoms with van der Waals surface area (Å²) >= 11 is 0. The number of aromatic amines is 1. The van der Waals surface area contributed by atoms with Gasteiger partial charge in [0, 0.05) is 28.9 Å². The minimum Gasteiger partial charge on any atom is -0.361 e. The first-order valence-electron chi connectivity index (χ1n) is 5.44. The number of hydrogen-bond donors (Lipinski definition) is 1. The van der Waals surface area contributed by atoms with Crippen molar-refractivity contribution >= 4 is 10.9 Å². The summed E-state index contributed by atoms with van der Waals surface area (Å²) in [5.74, 6) is -0.431. The molecule has 3 aromatic rings. The average Bonchev–Trinajstić information content (AvgIpc) is 2.71. The molecule has 0 saturated carbocycles. The maximum atomic E-state index is 13.6. The van der Waals surface area contributed by atoms with Crippen molar-refractivity contribution in [3.05, 3.63) is 54.2 Å². The van der Waals surface area contributed by atoms with E-state index in [9.17, 15) is 4.39 Å². The molecular weight excluding hydrogens is 215 g/mol. The summed E-state index contributed by atoms with van der Waals surface area (Å²) in [5.41, 5.74) is 3.61. The van der Waals surface area contributed by atoms with E-state index in [2.05, 4.69) is 9.97 Å². The molecule has 2 nitrogen and oxygen atoms in total. The van der Waals surface area contributed by atoms with Crippen molar-refractivity contribution in [3.63, 3.8) is 0 Å². The average molecular weight is 226 g/mol. The lowest BCUT2D eigenvalue weighted by Gasteiger charge is -2.03. The predicted molar refractivity (Wildman–Crippen MR) is 66.2 cm³/mol. The van der Waals surface area contributed by atoms with Crippen LogP contribution in [0.15, 0.2) is 42.7 Å². The number of hydrogen-bond acceptors (Lipinski definition) is 1. The number of halogens is 1. The Hall–Kier alpha value is -2.16. The fraction of sp³-hybridized carbons (Fsp3) is 0.0714. The predicted octanol–water partition coefficient (Wildman–Crippen LogP) is 3.68. The Bertz CT molecular complexity index is 686. The molecule has 0 aliphatic rings. The standard InChI is InChI=1S/C14H11FN2/c1-9-8-17-13-5-4-10(7-12(9)13)11-3-2-6-16-14(11)15/h2-8,17H,1H3. The molecular formula is C14H11FN2. The second-order valence-corrected chi connectivity index (χ2v) is 4.07. The molecule has 0 atom stereocenters. The van der Waals surface area contributed by atoms with Crippen LogP contribution in [0.5, 0.6) is 0 Å². The third-order valence-electron chi connectivity index (χ3n) is 2.96. The van der Waals surface area contributed by atoms with Gasteiger partial charge >= 0.3 is 0 Å². The highest BCUT2D eigenvalue weighted by Crippen LogP contribution is 2.26. The Morgan fingerprint density at radius 2 is 2.12 bits per heavy atom. The van der Waals surface area contributed by atoms with E-state index in [1.807, 2.05) is 31.3 Å². The van der Waals surface area contributed by atoms with Gasteiger partial charge in [0.15, 0.2) is 0 Å². The van der Waals surface area contributed by atoms with E-state index in [1.54, 1.807) is 12.1 Å². The van der Waals surface area contributed by atoms with Gasteiger partial charge in [0.1, 0.15) is 0 Å². The summed E-state index contributed by atoms with van der Waals surface area (Å²) in [4.78, 5) is 6.84. The number of pyridine rings is 1. The Labute approximate surface area is 98.1 Å². The molecule has 0 unspecified atom stereocenters. The number of fused-ring (bicyclic) bond motifs is 1. The quantitative estimate of drug-likeness (QED) is 0.630. The number of aromatic nitrogens is 2. The van der Waals surface area contributed by atoms with Crippen LogP contribution < -0.4 is 0 Å². The summed E-state index contributed by atoms with van der Waals surface area (Å²) in [6, 6.07) is 9.34. The van der Waals surface area contributed by atoms with Crippen molar-refractivity contribution in [1.82, 2.24) is 9.97 Å². The number of nitrogens with one attached hydrogen (secondary N) is 1. The third kappa shape index (κ3) is 1.60. The van der Waals surface area contributed by atoms with E-state index < -0.39 is 5.95 Å². The van der Waals surface area contributed by atoms with E-state index >= 15 is 0 Å². The van der Waals surface area contributed by atoms with E-state index in [4.69, 9.17) is 0 Å². The van der Waals surface area contributed by atoms with Crippen LogP contribution in [0.25, 0.3) is 22.0 Å². The van der Waals surface area contributed by atoms with E-state index in [0.29, 0.717) is 5.56 Å². The number of H-pyrrole nitrogens is 1. The minimum atomic E-state index is -0.431. The fourth-order valence-corrected chi connectivity index (χ4v) is 2.03. The molecule has 1 N–H and O–H groups in total. The summed E-state index contributed by atoms with van der Waals surface area (Å²) in [6.07, 6.45) is 3.41. The van der Waals surface area contributed by atoms with Gasteiger partial charge in [-0.1, -0.05) is 6.07 Å². The van der Waals surface area contributed by atoms with Gasteiger partial charge in [0.05, 0.1) is 0 Å². The van der Waals surface area contributed by atoms with Crippen molar-refractivity contribution in [2.75, 3.05) is 0 Å². The molecule has 2 heterocycles. The zero-order valence-corrected chi connectivity index (χ0v) is 9.37. The van der Waals surface area contributed by atoms with Crippen molar-refractivity contribution < 1.29 is 4.39 Å². The lowest BCUT2D eigenvalue weighted by Crippen LogP contribution is -1.87. The first-order chi connectivity index (χ1) is 8.25. The molecule has 17 heavy (non-hydrogen) atoms. The van der Waals surface area contributed by atoms with Gasteiger partial charge < -0.3 is 4.98 Å². The lowest BCUT2D eigenvalue weighted by atomic mass is 10.0. The molecule has 0 amide bonds. The Morgan fingerprint density at radius 1 is 1.24 bits per heavy atom. The zero-order valence-electron chi connectivity index (χ0n) is 9.37. The Morgan fingerprint density at radius 3 is 2.94 bits per heavy atom. The third-order valence-corrected chi connectivity index (χ3v) is 2.96. The molecule has 0 spiro atoms. The monoisotopic (exact) mass is 226 g/mol. The number of rotatable bonds is 1. The molecule has 0 bridgehead atoms. The smallest absolute Gasteiger partial charge is 0.220 e. The minimum absolute atomic E-state index is 0.431. The van der Waals surface area contributed by atoms with Crippen LogP contribution in [0.2, 0.25) is 0 Å². The highest BCUT2D eigenvalue weighted by atomic mass is 19.1. The van der Waals surface area contributed by atoms with Crippen molar-refractivity contribution in [1.29, 1.82) is 0 Å². The molecule has 0 radical (unpaired) electrons. The summed E-state index contributed by atoms with van der Waals surface area (Å²) in [5, 5.41) is 1.12. The van der Waals surface area contributed by atoms with Crippen molar-refractivity contribution in [2.24, 2.45) is 0 Å². The Kier molecular flexibility index (Phi) is 2.18. The fourth-order valence-electron chi connectivity index (χ4n) is 2.03.